The fourth-order valence-corrected chi connectivity index (χ4v) is 8.91. The zero-order chi connectivity index (χ0) is 35.7. The van der Waals surface area contributed by atoms with Crippen LogP contribution in [0.25, 0.3) is 11.1 Å². The third kappa shape index (κ3) is 4.26. The Morgan fingerprint density at radius 3 is 1.47 bits per heavy atom. The van der Waals surface area contributed by atoms with E-state index in [4.69, 9.17) is 21.1 Å². The molecule has 2 amide bonds. The first-order valence-corrected chi connectivity index (χ1v) is 16.7. The van der Waals surface area contributed by atoms with Crippen LogP contribution in [0.1, 0.15) is 32.6 Å². The molecule has 1 aliphatic heterocycles. The Morgan fingerprint density at radius 1 is 0.647 bits per heavy atom. The fourth-order valence-electron chi connectivity index (χ4n) is 8.71. The van der Waals surface area contributed by atoms with E-state index in [1.807, 2.05) is 109 Å². The molecule has 2 bridgehead atoms. The maximum Gasteiger partial charge on any atom is 0.337 e. The number of imide groups is 1. The minimum atomic E-state index is -1.63. The Kier molecular flexibility index (Phi) is 7.47. The van der Waals surface area contributed by atoms with Gasteiger partial charge < -0.3 is 14.6 Å². The molecule has 4 atom stereocenters. The van der Waals surface area contributed by atoms with Crippen LogP contribution in [0.3, 0.4) is 0 Å². The highest BCUT2D eigenvalue weighted by Crippen LogP contribution is 2.74. The second-order valence-corrected chi connectivity index (χ2v) is 13.2. The number of nitrogens with zero attached hydrogens (tertiary/aromatic N) is 1. The third-order valence-electron chi connectivity index (χ3n) is 10.6. The van der Waals surface area contributed by atoms with Crippen LogP contribution in [0, 0.1) is 11.8 Å². The highest BCUT2D eigenvalue weighted by molar-refractivity contribution is 6.39. The van der Waals surface area contributed by atoms with E-state index in [9.17, 15) is 9.90 Å². The first-order chi connectivity index (χ1) is 24.7. The number of hydrogen-bond donors (Lipinski definition) is 1. The number of ketones is 1. The summed E-state index contributed by atoms with van der Waals surface area (Å²) < 4.78 is 11.0. The molecule has 1 saturated carbocycles. The van der Waals surface area contributed by atoms with Crippen LogP contribution < -0.4 is 14.4 Å². The van der Waals surface area contributed by atoms with Crippen molar-refractivity contribution in [3.05, 3.63) is 160 Å². The van der Waals surface area contributed by atoms with Crippen LogP contribution in [0.5, 0.6) is 11.5 Å². The molecular formula is C42H30ClNO7. The Bertz CT molecular complexity index is 2160. The van der Waals surface area contributed by atoms with Crippen LogP contribution in [0.4, 0.5) is 5.69 Å². The number of carboxylic acids is 1. The number of amides is 2. The number of carbonyl (C=O) groups is 4. The van der Waals surface area contributed by atoms with Gasteiger partial charge in [-0.2, -0.15) is 0 Å². The summed E-state index contributed by atoms with van der Waals surface area (Å²) in [4.78, 5) is 59.6. The number of halogens is 1. The summed E-state index contributed by atoms with van der Waals surface area (Å²) in [5.74, 6) is -3.91. The highest BCUT2D eigenvalue weighted by Gasteiger charge is 2.82. The number of Topliss-reactive ketones (excluding diaryl/α,β-unsaturated/α-hetero) is 1. The molecule has 5 aromatic rings. The molecule has 51 heavy (non-hydrogen) atoms. The minimum Gasteiger partial charge on any atom is -0.497 e. The Labute approximate surface area is 298 Å². The molecule has 0 radical (unpaired) electrons. The lowest BCUT2D eigenvalue weighted by Crippen LogP contribution is -2.45. The van der Waals surface area contributed by atoms with Crippen molar-refractivity contribution in [2.24, 2.45) is 11.8 Å². The number of allylic oxidation sites excluding steroid dienone is 2. The molecule has 2 fully saturated rings. The van der Waals surface area contributed by atoms with E-state index in [0.717, 1.165) is 4.90 Å². The van der Waals surface area contributed by atoms with Gasteiger partial charge in [0.25, 0.3) is 0 Å². The van der Waals surface area contributed by atoms with Crippen molar-refractivity contribution in [3.8, 4) is 11.5 Å². The summed E-state index contributed by atoms with van der Waals surface area (Å²) in [6.45, 7) is 0. The number of benzene rings is 5. The molecule has 3 aliphatic rings. The van der Waals surface area contributed by atoms with Gasteiger partial charge in [0.15, 0.2) is 5.78 Å². The standard InChI is InChI=1S/C42H30ClNO7/c1-50-29-18-13-24(14-19-29)33-34(25-15-20-30(51-2)21-16-25)42(27-11-7-4-8-12-27)36-35(41(33,40(42)49)26-9-5-3-6-10-26)37(45)44(38(36)46)28-17-22-32(43)31(23-28)39(47)48/h3-23,35-36H,1-2H3,(H,47,48)/t35-,36-,41-,42-/m1/s1. The molecule has 1 heterocycles. The van der Waals surface area contributed by atoms with Gasteiger partial charge in [-0.1, -0.05) is 96.5 Å². The molecule has 2 aliphatic carbocycles. The smallest absolute Gasteiger partial charge is 0.337 e. The monoisotopic (exact) mass is 695 g/mol. The van der Waals surface area contributed by atoms with Crippen molar-refractivity contribution in [1.29, 1.82) is 0 Å². The second-order valence-electron chi connectivity index (χ2n) is 12.8. The molecule has 0 aromatic heterocycles. The largest absolute Gasteiger partial charge is 0.497 e. The lowest BCUT2D eigenvalue weighted by Gasteiger charge is -2.39. The summed E-state index contributed by atoms with van der Waals surface area (Å²) in [5.41, 5.74) is 0.300. The van der Waals surface area contributed by atoms with Gasteiger partial charge in [0.2, 0.25) is 11.8 Å². The van der Waals surface area contributed by atoms with Crippen LogP contribution in [-0.2, 0) is 25.2 Å². The first kappa shape index (κ1) is 32.2. The summed E-state index contributed by atoms with van der Waals surface area (Å²) in [5, 5.41) is 9.85. The maximum atomic E-state index is 16.1. The molecular weight excluding hydrogens is 666 g/mol. The van der Waals surface area contributed by atoms with Crippen LogP contribution in [0.15, 0.2) is 127 Å². The number of aromatic carboxylic acids is 1. The maximum absolute atomic E-state index is 16.1. The number of carbonyl (C=O) groups excluding carboxylic acids is 3. The van der Waals surface area contributed by atoms with Crippen molar-refractivity contribution >= 4 is 52.0 Å². The van der Waals surface area contributed by atoms with Gasteiger partial charge in [0, 0.05) is 0 Å². The van der Waals surface area contributed by atoms with Crippen molar-refractivity contribution in [2.45, 2.75) is 10.8 Å². The van der Waals surface area contributed by atoms with E-state index >= 15 is 14.4 Å². The third-order valence-corrected chi connectivity index (χ3v) is 11.0. The average molecular weight is 696 g/mol. The Morgan fingerprint density at radius 2 is 1.08 bits per heavy atom. The molecule has 5 aromatic carbocycles. The molecule has 9 heteroatoms. The van der Waals surface area contributed by atoms with Gasteiger partial charge in [-0.3, -0.25) is 14.4 Å². The lowest BCUT2D eigenvalue weighted by atomic mass is 9.59. The van der Waals surface area contributed by atoms with Crippen LogP contribution in [0.2, 0.25) is 5.02 Å². The minimum absolute atomic E-state index is 0.0347. The number of carboxylic acid groups (broad SMARTS) is 1. The number of rotatable bonds is 8. The molecule has 1 saturated heterocycles. The topological polar surface area (TPSA) is 110 Å². The molecule has 8 nitrogen and oxygen atoms in total. The predicted octanol–water partition coefficient (Wildman–Crippen LogP) is 7.24. The Balaban J connectivity index is 1.52. The van der Waals surface area contributed by atoms with E-state index < -0.39 is 40.4 Å². The normalized spacial score (nSPS) is 23.5. The summed E-state index contributed by atoms with van der Waals surface area (Å²) in [6.07, 6.45) is 0. The molecule has 1 N–H and O–H groups in total. The lowest BCUT2D eigenvalue weighted by molar-refractivity contribution is -0.130. The summed E-state index contributed by atoms with van der Waals surface area (Å²) >= 11 is 6.22. The van der Waals surface area contributed by atoms with Gasteiger partial charge >= 0.3 is 5.97 Å². The van der Waals surface area contributed by atoms with Gasteiger partial charge in [0.1, 0.15) is 11.5 Å². The predicted molar refractivity (Wildman–Crippen MR) is 192 cm³/mol. The summed E-state index contributed by atoms with van der Waals surface area (Å²) in [6, 6.07) is 37.1. The zero-order valence-electron chi connectivity index (χ0n) is 27.5. The van der Waals surface area contributed by atoms with E-state index in [1.54, 1.807) is 14.2 Å². The number of methoxy groups -OCH3 is 2. The zero-order valence-corrected chi connectivity index (χ0v) is 28.3. The number of ether oxygens (including phenoxy) is 2. The van der Waals surface area contributed by atoms with Crippen molar-refractivity contribution in [3.63, 3.8) is 0 Å². The Hall–Kier alpha value is -5.99. The van der Waals surface area contributed by atoms with Crippen molar-refractivity contribution in [1.82, 2.24) is 0 Å². The van der Waals surface area contributed by atoms with Crippen molar-refractivity contribution in [2.75, 3.05) is 19.1 Å². The molecule has 252 valence electrons. The fraction of sp³-hybridized carbons (Fsp3) is 0.143. The van der Waals surface area contributed by atoms with E-state index in [2.05, 4.69) is 0 Å². The van der Waals surface area contributed by atoms with Crippen LogP contribution in [-0.4, -0.2) is 42.9 Å². The number of anilines is 1. The molecule has 0 unspecified atom stereocenters. The molecule has 0 spiro atoms. The molecule has 8 rings (SSSR count). The van der Waals surface area contributed by atoms with E-state index in [-0.39, 0.29) is 22.1 Å². The van der Waals surface area contributed by atoms with E-state index in [1.165, 1.54) is 18.2 Å². The first-order valence-electron chi connectivity index (χ1n) is 16.3. The number of fused-ring (bicyclic) bond motifs is 5. The van der Waals surface area contributed by atoms with Crippen molar-refractivity contribution < 1.29 is 33.8 Å². The van der Waals surface area contributed by atoms with Gasteiger partial charge in [0.05, 0.1) is 53.2 Å². The second kappa shape index (κ2) is 11.8. The van der Waals surface area contributed by atoms with Gasteiger partial charge in [-0.25, -0.2) is 9.69 Å². The quantitative estimate of drug-likeness (QED) is 0.170. The van der Waals surface area contributed by atoms with Gasteiger partial charge in [-0.15, -0.1) is 0 Å². The van der Waals surface area contributed by atoms with E-state index in [0.29, 0.717) is 44.9 Å². The van der Waals surface area contributed by atoms with Gasteiger partial charge in [-0.05, 0) is 75.9 Å². The SMILES string of the molecule is COc1ccc(C2=C(c3ccc(OC)cc3)[C@@]3(c4ccccc4)C(=O)[C@@]2(c2ccccc2)[C@H]2C(=O)N(c4ccc(Cl)c(C(=O)O)c4)C(=O)[C@@H]23)cc1. The number of hydrogen-bond acceptors (Lipinski definition) is 6. The summed E-state index contributed by atoms with van der Waals surface area (Å²) in [7, 11) is 3.14. The van der Waals surface area contributed by atoms with Crippen LogP contribution >= 0.6 is 11.6 Å². The average Bonchev–Trinajstić information content (AvgIpc) is 3.68. The highest BCUT2D eigenvalue weighted by atomic mass is 35.5.